The Bertz CT molecular complexity index is 1930. The lowest BCUT2D eigenvalue weighted by atomic mass is 9.84. The Morgan fingerprint density at radius 3 is 2.45 bits per heavy atom. The fourth-order valence-electron chi connectivity index (χ4n) is 5.61. The van der Waals surface area contributed by atoms with E-state index in [-0.39, 0.29) is 39.9 Å². The molecule has 10 heteroatoms. The SMILES string of the molecule is CC(C)c1nnc(N2C(=O)c3oc4ccccc4c(=O)c3C23C(=O)N(Cc2ccccc2Cl)c2ccccc23)s1. The first-order valence-electron chi connectivity index (χ1n) is 12.7. The predicted molar refractivity (Wildman–Crippen MR) is 153 cm³/mol. The summed E-state index contributed by atoms with van der Waals surface area (Å²) >= 11 is 7.71. The van der Waals surface area contributed by atoms with Gasteiger partial charge >= 0.3 is 0 Å². The lowest BCUT2D eigenvalue weighted by Crippen LogP contribution is -2.53. The lowest BCUT2D eigenvalue weighted by Gasteiger charge is -2.32. The lowest BCUT2D eigenvalue weighted by molar-refractivity contribution is -0.121. The molecule has 2 amide bonds. The number of aromatic nitrogens is 2. The third-order valence-electron chi connectivity index (χ3n) is 7.43. The van der Waals surface area contributed by atoms with E-state index in [2.05, 4.69) is 10.2 Å². The van der Waals surface area contributed by atoms with Crippen LogP contribution in [0.5, 0.6) is 0 Å². The van der Waals surface area contributed by atoms with E-state index in [9.17, 15) is 14.4 Å². The maximum atomic E-state index is 14.9. The van der Waals surface area contributed by atoms with E-state index in [0.29, 0.717) is 21.3 Å². The zero-order chi connectivity index (χ0) is 27.8. The molecule has 2 aliphatic heterocycles. The first-order valence-corrected chi connectivity index (χ1v) is 13.9. The van der Waals surface area contributed by atoms with E-state index in [0.717, 1.165) is 5.56 Å². The molecule has 0 N–H and O–H groups in total. The van der Waals surface area contributed by atoms with E-state index in [1.807, 2.05) is 44.2 Å². The van der Waals surface area contributed by atoms with Crippen LogP contribution < -0.4 is 15.2 Å². The van der Waals surface area contributed by atoms with E-state index >= 15 is 0 Å². The van der Waals surface area contributed by atoms with Crippen molar-refractivity contribution in [2.45, 2.75) is 31.8 Å². The molecule has 2 aromatic heterocycles. The maximum Gasteiger partial charge on any atom is 0.297 e. The first kappa shape index (κ1) is 24.7. The number of rotatable bonds is 4. The summed E-state index contributed by atoms with van der Waals surface area (Å²) in [6, 6.07) is 21.2. The van der Waals surface area contributed by atoms with Gasteiger partial charge in [0.15, 0.2) is 11.0 Å². The molecule has 0 bridgehead atoms. The normalized spacial score (nSPS) is 17.9. The molecule has 4 heterocycles. The topological polar surface area (TPSA) is 96.6 Å². The first-order chi connectivity index (χ1) is 19.3. The predicted octanol–water partition coefficient (Wildman–Crippen LogP) is 5.87. The van der Waals surface area contributed by atoms with Crippen molar-refractivity contribution in [3.8, 4) is 0 Å². The molecule has 5 aromatic rings. The molecule has 0 radical (unpaired) electrons. The molecule has 0 fully saturated rings. The number of amides is 2. The minimum Gasteiger partial charge on any atom is -0.450 e. The number of carbonyl (C=O) groups excluding carboxylic acids is 2. The molecule has 2 aliphatic rings. The van der Waals surface area contributed by atoms with Gasteiger partial charge in [-0.3, -0.25) is 19.3 Å². The number of para-hydroxylation sites is 2. The molecule has 1 atom stereocenters. The van der Waals surface area contributed by atoms with Crippen LogP contribution in [0.25, 0.3) is 11.0 Å². The van der Waals surface area contributed by atoms with Crippen LogP contribution in [-0.2, 0) is 16.9 Å². The number of benzene rings is 3. The molecular weight excluding hydrogens is 548 g/mol. The van der Waals surface area contributed by atoms with Crippen molar-refractivity contribution < 1.29 is 14.0 Å². The molecule has 40 heavy (non-hydrogen) atoms. The van der Waals surface area contributed by atoms with Gasteiger partial charge in [-0.15, -0.1) is 10.2 Å². The van der Waals surface area contributed by atoms with Gasteiger partial charge in [-0.05, 0) is 29.8 Å². The van der Waals surface area contributed by atoms with Gasteiger partial charge in [-0.1, -0.05) is 85.3 Å². The number of fused-ring (bicyclic) bond motifs is 5. The van der Waals surface area contributed by atoms with Gasteiger partial charge in [-0.2, -0.15) is 0 Å². The Morgan fingerprint density at radius 1 is 0.950 bits per heavy atom. The number of hydrogen-bond acceptors (Lipinski definition) is 7. The van der Waals surface area contributed by atoms with Crippen LogP contribution in [0.4, 0.5) is 10.8 Å². The summed E-state index contributed by atoms with van der Waals surface area (Å²) in [5.41, 5.74) is -0.238. The van der Waals surface area contributed by atoms with Crippen molar-refractivity contribution in [1.29, 1.82) is 0 Å². The monoisotopic (exact) mass is 568 g/mol. The minimum atomic E-state index is -1.83. The van der Waals surface area contributed by atoms with Crippen molar-refractivity contribution >= 4 is 56.5 Å². The van der Waals surface area contributed by atoms with Crippen molar-refractivity contribution in [3.63, 3.8) is 0 Å². The Hall–Kier alpha value is -4.34. The third-order valence-corrected chi connectivity index (χ3v) is 9.01. The minimum absolute atomic E-state index is 0.0170. The summed E-state index contributed by atoms with van der Waals surface area (Å²) in [5.74, 6) is -1.21. The van der Waals surface area contributed by atoms with Crippen LogP contribution in [0.15, 0.2) is 82.0 Å². The Labute approximate surface area is 237 Å². The van der Waals surface area contributed by atoms with Gasteiger partial charge in [0.05, 0.1) is 23.2 Å². The quantitative estimate of drug-likeness (QED) is 0.269. The van der Waals surface area contributed by atoms with Gasteiger partial charge in [0.1, 0.15) is 10.6 Å². The van der Waals surface area contributed by atoms with E-state index in [1.54, 1.807) is 47.4 Å². The largest absolute Gasteiger partial charge is 0.450 e. The Morgan fingerprint density at radius 2 is 1.68 bits per heavy atom. The highest BCUT2D eigenvalue weighted by Gasteiger charge is 2.66. The second-order valence-electron chi connectivity index (χ2n) is 10.1. The van der Waals surface area contributed by atoms with Crippen LogP contribution in [0.3, 0.4) is 0 Å². The highest BCUT2D eigenvalue weighted by Crippen LogP contribution is 2.54. The van der Waals surface area contributed by atoms with Crippen LogP contribution in [0.2, 0.25) is 5.02 Å². The summed E-state index contributed by atoms with van der Waals surface area (Å²) in [6.07, 6.45) is 0. The van der Waals surface area contributed by atoms with Crippen molar-refractivity contribution in [1.82, 2.24) is 10.2 Å². The summed E-state index contributed by atoms with van der Waals surface area (Å²) in [5, 5.41) is 10.3. The van der Waals surface area contributed by atoms with E-state index < -0.39 is 22.8 Å². The summed E-state index contributed by atoms with van der Waals surface area (Å²) < 4.78 is 6.10. The van der Waals surface area contributed by atoms with Crippen LogP contribution >= 0.6 is 22.9 Å². The number of halogens is 1. The third kappa shape index (κ3) is 3.22. The zero-order valence-electron chi connectivity index (χ0n) is 21.4. The summed E-state index contributed by atoms with van der Waals surface area (Å²) in [6.45, 7) is 4.08. The summed E-state index contributed by atoms with van der Waals surface area (Å²) in [7, 11) is 0. The average molecular weight is 569 g/mol. The fraction of sp³-hybridized carbons (Fsp3) is 0.167. The molecule has 0 saturated carbocycles. The molecule has 3 aromatic carbocycles. The molecule has 198 valence electrons. The highest BCUT2D eigenvalue weighted by atomic mass is 35.5. The maximum absolute atomic E-state index is 14.9. The highest BCUT2D eigenvalue weighted by molar-refractivity contribution is 7.15. The van der Waals surface area contributed by atoms with Crippen molar-refractivity contribution in [2.24, 2.45) is 0 Å². The fourth-order valence-corrected chi connectivity index (χ4v) is 6.71. The molecule has 0 aliphatic carbocycles. The van der Waals surface area contributed by atoms with Gasteiger partial charge in [0.2, 0.25) is 10.9 Å². The smallest absolute Gasteiger partial charge is 0.297 e. The molecule has 0 saturated heterocycles. The number of carbonyl (C=O) groups is 2. The van der Waals surface area contributed by atoms with Gasteiger partial charge < -0.3 is 9.32 Å². The molecule has 1 spiro atoms. The van der Waals surface area contributed by atoms with Crippen molar-refractivity contribution in [3.05, 3.63) is 116 Å². The standard InChI is InChI=1S/C30H21ClN4O4S/c1-16(2)26-32-33-29(40-26)35-27(37)25-23(24(36)18-10-4-8-14-22(18)39-25)30(35)19-11-5-7-13-21(19)34(28(30)38)15-17-9-3-6-12-20(17)31/h3-14,16H,15H2,1-2H3. The van der Waals surface area contributed by atoms with Crippen molar-refractivity contribution in [2.75, 3.05) is 9.80 Å². The Kier molecular flexibility index (Phi) is 5.45. The molecule has 8 nitrogen and oxygen atoms in total. The molecular formula is C30H21ClN4O4S. The van der Waals surface area contributed by atoms with Gasteiger partial charge in [0.25, 0.3) is 11.8 Å². The average Bonchev–Trinajstić information content (AvgIpc) is 3.60. The number of hydrogen-bond donors (Lipinski definition) is 0. The van der Waals surface area contributed by atoms with Gasteiger partial charge in [0, 0.05) is 16.5 Å². The van der Waals surface area contributed by atoms with Gasteiger partial charge in [-0.25, -0.2) is 0 Å². The van der Waals surface area contributed by atoms with Crippen LogP contribution in [-0.4, -0.2) is 22.0 Å². The van der Waals surface area contributed by atoms with Crippen LogP contribution in [0.1, 0.15) is 52.0 Å². The second-order valence-corrected chi connectivity index (χ2v) is 11.5. The number of anilines is 2. The molecule has 1 unspecified atom stereocenters. The summed E-state index contributed by atoms with van der Waals surface area (Å²) in [4.78, 5) is 46.2. The Balaban J connectivity index is 1.55. The van der Waals surface area contributed by atoms with E-state index in [1.165, 1.54) is 16.2 Å². The van der Waals surface area contributed by atoms with Crippen LogP contribution in [0, 0.1) is 0 Å². The second kappa shape index (κ2) is 8.84. The number of nitrogens with zero attached hydrogens (tertiary/aromatic N) is 4. The van der Waals surface area contributed by atoms with E-state index in [4.69, 9.17) is 16.0 Å². The molecule has 7 rings (SSSR count). The zero-order valence-corrected chi connectivity index (χ0v) is 23.0.